The zero-order valence-corrected chi connectivity index (χ0v) is 18.4. The van der Waals surface area contributed by atoms with Gasteiger partial charge in [-0.25, -0.2) is 19.3 Å². The fraction of sp³-hybridized carbons (Fsp3) is 0.190. The van der Waals surface area contributed by atoms with E-state index in [-0.39, 0.29) is 21.6 Å². The van der Waals surface area contributed by atoms with Crippen molar-refractivity contribution >= 4 is 45.9 Å². The van der Waals surface area contributed by atoms with Gasteiger partial charge in [0, 0.05) is 54.4 Å². The molecule has 0 aliphatic rings. The number of fused-ring (bicyclic) bond motifs is 1. The van der Waals surface area contributed by atoms with Gasteiger partial charge in [0.15, 0.2) is 11.4 Å². The van der Waals surface area contributed by atoms with Crippen molar-refractivity contribution in [1.82, 2.24) is 15.0 Å². The molecule has 0 saturated heterocycles. The van der Waals surface area contributed by atoms with Crippen molar-refractivity contribution in [1.29, 1.82) is 0 Å². The van der Waals surface area contributed by atoms with Crippen LogP contribution in [0.4, 0.5) is 16.2 Å². The number of nitrogen functional groups attached to an aromatic ring is 1. The van der Waals surface area contributed by atoms with Crippen molar-refractivity contribution < 1.29 is 13.5 Å². The van der Waals surface area contributed by atoms with Crippen molar-refractivity contribution in [2.75, 3.05) is 24.7 Å². The van der Waals surface area contributed by atoms with Crippen LogP contribution in [0.1, 0.15) is 18.6 Å². The second-order valence-electron chi connectivity index (χ2n) is 7.05. The van der Waals surface area contributed by atoms with Gasteiger partial charge in [-0.3, -0.25) is 0 Å². The summed E-state index contributed by atoms with van der Waals surface area (Å²) in [6.45, 7) is 1.68. The molecular weight excluding hydrogens is 444 g/mol. The Hall–Kier alpha value is -3.10. The number of nitrogens with zero attached hydrogens (tertiary/aromatic N) is 4. The number of halogens is 3. The first-order valence-corrected chi connectivity index (χ1v) is 9.99. The predicted molar refractivity (Wildman–Crippen MR) is 119 cm³/mol. The Morgan fingerprint density at radius 3 is 2.52 bits per heavy atom. The van der Waals surface area contributed by atoms with Crippen LogP contribution in [-0.4, -0.2) is 29.0 Å². The fourth-order valence-corrected chi connectivity index (χ4v) is 3.84. The Bertz CT molecular complexity index is 1260. The molecule has 10 heteroatoms. The molecule has 4 aromatic rings. The maximum absolute atomic E-state index is 13.9. The lowest BCUT2D eigenvalue weighted by Crippen LogP contribution is -2.12. The van der Waals surface area contributed by atoms with Gasteiger partial charge in [-0.15, -0.1) is 0 Å². The average Bonchev–Trinajstić information content (AvgIpc) is 3.17. The van der Waals surface area contributed by atoms with E-state index in [1.165, 1.54) is 12.1 Å². The fourth-order valence-electron chi connectivity index (χ4n) is 3.16. The lowest BCUT2D eigenvalue weighted by Gasteiger charge is -2.18. The van der Waals surface area contributed by atoms with Gasteiger partial charge >= 0.3 is 0 Å². The molecule has 1 atom stereocenters. The number of benzene rings is 1. The highest BCUT2D eigenvalue weighted by Gasteiger charge is 2.23. The summed E-state index contributed by atoms with van der Waals surface area (Å²) in [4.78, 5) is 14.7. The average molecular weight is 462 g/mol. The van der Waals surface area contributed by atoms with Crippen LogP contribution in [0.15, 0.2) is 41.4 Å². The number of aromatic nitrogens is 3. The second kappa shape index (κ2) is 8.20. The van der Waals surface area contributed by atoms with E-state index < -0.39 is 11.9 Å². The summed E-state index contributed by atoms with van der Waals surface area (Å²) < 4.78 is 25.7. The van der Waals surface area contributed by atoms with E-state index in [1.54, 1.807) is 36.7 Å². The third-order valence-electron chi connectivity index (χ3n) is 4.73. The minimum atomic E-state index is -0.721. The summed E-state index contributed by atoms with van der Waals surface area (Å²) in [5.74, 6) is 0.310. The minimum absolute atomic E-state index is 0.114. The minimum Gasteiger partial charge on any atom is -0.478 e. The predicted octanol–water partition coefficient (Wildman–Crippen LogP) is 5.52. The summed E-state index contributed by atoms with van der Waals surface area (Å²) in [6.07, 6.45) is 5.81. The molecule has 0 aliphatic carbocycles. The number of pyridine rings is 1. The first-order valence-electron chi connectivity index (χ1n) is 9.23. The molecule has 3 heterocycles. The summed E-state index contributed by atoms with van der Waals surface area (Å²) >= 11 is 12.3. The number of anilines is 2. The second-order valence-corrected chi connectivity index (χ2v) is 7.83. The van der Waals surface area contributed by atoms with Gasteiger partial charge in [-0.1, -0.05) is 23.2 Å². The van der Waals surface area contributed by atoms with Crippen molar-refractivity contribution in [3.05, 3.63) is 58.4 Å². The molecule has 0 amide bonds. The maximum atomic E-state index is 13.9. The molecule has 0 saturated carbocycles. The smallest absolute Gasteiger partial charge is 0.224 e. The van der Waals surface area contributed by atoms with E-state index in [2.05, 4.69) is 15.0 Å². The summed E-state index contributed by atoms with van der Waals surface area (Å²) in [6, 6.07) is 2.61. The monoisotopic (exact) mass is 461 g/mol. The zero-order chi connectivity index (χ0) is 22.3. The number of hydrogen-bond donors (Lipinski definition) is 1. The highest BCUT2D eigenvalue weighted by atomic mass is 35.5. The zero-order valence-electron chi connectivity index (χ0n) is 16.9. The van der Waals surface area contributed by atoms with Gasteiger partial charge in [0.25, 0.3) is 0 Å². The van der Waals surface area contributed by atoms with Crippen LogP contribution >= 0.6 is 23.2 Å². The standard InChI is InChI=1S/C21H18Cl2FN5O2/c1-10(16-14(22)4-5-15(24)17(16)23)31-19-18-12(8-26-20(19)25)13(9-30-18)11-6-27-21(28-7-11)29(2)3/h4-10H,1-3H3,(H2,25,26)/t10-/m1/s1. The van der Waals surface area contributed by atoms with Crippen LogP contribution in [0, 0.1) is 5.82 Å². The Kier molecular flexibility index (Phi) is 5.60. The van der Waals surface area contributed by atoms with Crippen LogP contribution in [-0.2, 0) is 0 Å². The lowest BCUT2D eigenvalue weighted by atomic mass is 10.1. The molecular formula is C21H18Cl2FN5O2. The lowest BCUT2D eigenvalue weighted by molar-refractivity contribution is 0.227. The Morgan fingerprint density at radius 2 is 1.84 bits per heavy atom. The van der Waals surface area contributed by atoms with Crippen LogP contribution in [0.2, 0.25) is 10.0 Å². The maximum Gasteiger partial charge on any atom is 0.224 e. The van der Waals surface area contributed by atoms with E-state index in [0.29, 0.717) is 22.5 Å². The Labute approximate surface area is 187 Å². The third-order valence-corrected chi connectivity index (χ3v) is 5.44. The van der Waals surface area contributed by atoms with E-state index >= 15 is 0 Å². The molecule has 160 valence electrons. The molecule has 7 nitrogen and oxygen atoms in total. The SMILES string of the molecule is C[C@@H](Oc1c(N)ncc2c(-c3cnc(N(C)C)nc3)coc12)c1c(Cl)ccc(F)c1Cl. The van der Waals surface area contributed by atoms with Crippen LogP contribution in [0.5, 0.6) is 5.75 Å². The summed E-state index contributed by atoms with van der Waals surface area (Å²) in [7, 11) is 3.72. The summed E-state index contributed by atoms with van der Waals surface area (Å²) in [5, 5.41) is 0.821. The first-order chi connectivity index (χ1) is 14.8. The van der Waals surface area contributed by atoms with Gasteiger partial charge in [0.05, 0.1) is 10.4 Å². The molecule has 1 aromatic carbocycles. The van der Waals surface area contributed by atoms with Crippen molar-refractivity contribution in [3.8, 4) is 16.9 Å². The van der Waals surface area contributed by atoms with Crippen molar-refractivity contribution in [2.45, 2.75) is 13.0 Å². The normalized spacial score (nSPS) is 12.2. The van der Waals surface area contributed by atoms with Crippen LogP contribution in [0.3, 0.4) is 0 Å². The van der Waals surface area contributed by atoms with Gasteiger partial charge < -0.3 is 19.8 Å². The molecule has 3 aromatic heterocycles. The topological polar surface area (TPSA) is 90.3 Å². The van der Waals surface area contributed by atoms with Crippen molar-refractivity contribution in [2.24, 2.45) is 0 Å². The van der Waals surface area contributed by atoms with E-state index in [9.17, 15) is 4.39 Å². The number of furan rings is 1. The van der Waals surface area contributed by atoms with Gasteiger partial charge in [-0.05, 0) is 19.1 Å². The molecule has 4 rings (SSSR count). The number of hydrogen-bond acceptors (Lipinski definition) is 7. The molecule has 31 heavy (non-hydrogen) atoms. The molecule has 0 spiro atoms. The van der Waals surface area contributed by atoms with Crippen molar-refractivity contribution in [3.63, 3.8) is 0 Å². The van der Waals surface area contributed by atoms with E-state index in [4.69, 9.17) is 38.1 Å². The molecule has 2 N–H and O–H groups in total. The Morgan fingerprint density at radius 1 is 1.13 bits per heavy atom. The quantitative estimate of drug-likeness (QED) is 0.391. The molecule has 0 aliphatic heterocycles. The van der Waals surface area contributed by atoms with Crippen LogP contribution < -0.4 is 15.4 Å². The molecule has 0 radical (unpaired) electrons. The van der Waals surface area contributed by atoms with Crippen LogP contribution in [0.25, 0.3) is 22.1 Å². The number of ether oxygens (including phenoxy) is 1. The van der Waals surface area contributed by atoms with Gasteiger partial charge in [-0.2, -0.15) is 0 Å². The largest absolute Gasteiger partial charge is 0.478 e. The number of rotatable bonds is 5. The van der Waals surface area contributed by atoms with E-state index in [0.717, 1.165) is 11.1 Å². The first kappa shape index (κ1) is 21.1. The highest BCUT2D eigenvalue weighted by Crippen LogP contribution is 2.41. The van der Waals surface area contributed by atoms with E-state index in [1.807, 2.05) is 14.1 Å². The highest BCUT2D eigenvalue weighted by molar-refractivity contribution is 6.36. The van der Waals surface area contributed by atoms with Gasteiger partial charge in [0.1, 0.15) is 18.2 Å². The summed E-state index contributed by atoms with van der Waals surface area (Å²) in [5.41, 5.74) is 8.21. The van der Waals surface area contributed by atoms with Gasteiger partial charge in [0.2, 0.25) is 11.7 Å². The number of nitrogens with two attached hydrogens (primary N) is 1. The molecule has 0 bridgehead atoms. The molecule has 0 unspecified atom stereocenters. The third kappa shape index (κ3) is 3.84. The Balaban J connectivity index is 1.74. The molecule has 0 fully saturated rings.